The van der Waals surface area contributed by atoms with Gasteiger partial charge in [-0.3, -0.25) is 4.79 Å². The van der Waals surface area contributed by atoms with Crippen molar-refractivity contribution >= 4 is 28.8 Å². The first-order valence-electron chi connectivity index (χ1n) is 6.99. The summed E-state index contributed by atoms with van der Waals surface area (Å²) in [5.74, 6) is -1.09. The molecule has 116 valence electrons. The van der Waals surface area contributed by atoms with Crippen molar-refractivity contribution in [3.8, 4) is 0 Å². The summed E-state index contributed by atoms with van der Waals surface area (Å²) in [4.78, 5) is 13.5. The summed E-state index contributed by atoms with van der Waals surface area (Å²) in [6, 6.07) is 17.1. The molecule has 23 heavy (non-hydrogen) atoms. The van der Waals surface area contributed by atoms with E-state index >= 15 is 0 Å². The fourth-order valence-electron chi connectivity index (χ4n) is 2.30. The minimum atomic E-state index is -0.593. The van der Waals surface area contributed by atoms with Gasteiger partial charge in [0.2, 0.25) is 0 Å². The minimum Gasteiger partial charge on any atom is -0.340 e. The third-order valence-electron chi connectivity index (χ3n) is 3.41. The number of rotatable bonds is 4. The number of thiophene rings is 1. The second-order valence-electron chi connectivity index (χ2n) is 4.96. The monoisotopic (exact) mass is 345 g/mol. The molecule has 1 atom stereocenters. The Kier molecular flexibility index (Phi) is 4.74. The molecule has 0 aliphatic carbocycles. The molecule has 0 aliphatic rings. The van der Waals surface area contributed by atoms with E-state index in [-0.39, 0.29) is 11.6 Å². The van der Waals surface area contributed by atoms with Crippen LogP contribution in [0.2, 0.25) is 5.02 Å². The molecular formula is C18H13ClFNOS. The van der Waals surface area contributed by atoms with E-state index in [1.165, 1.54) is 29.5 Å². The molecule has 2 nitrogen and oxygen atoms in total. The van der Waals surface area contributed by atoms with Gasteiger partial charge in [0.25, 0.3) is 5.91 Å². The van der Waals surface area contributed by atoms with Crippen molar-refractivity contribution < 1.29 is 9.18 Å². The van der Waals surface area contributed by atoms with Gasteiger partial charge in [-0.25, -0.2) is 4.39 Å². The minimum absolute atomic E-state index is 0.0602. The fourth-order valence-corrected chi connectivity index (χ4v) is 3.27. The highest BCUT2D eigenvalue weighted by Gasteiger charge is 2.20. The molecule has 0 aliphatic heterocycles. The molecule has 1 N–H and O–H groups in total. The van der Waals surface area contributed by atoms with Crippen LogP contribution in [0.25, 0.3) is 0 Å². The van der Waals surface area contributed by atoms with Crippen molar-refractivity contribution in [2.45, 2.75) is 6.04 Å². The highest BCUT2D eigenvalue weighted by atomic mass is 35.5. The topological polar surface area (TPSA) is 29.1 Å². The van der Waals surface area contributed by atoms with Crippen LogP contribution in [0.5, 0.6) is 0 Å². The predicted molar refractivity (Wildman–Crippen MR) is 91.5 cm³/mol. The molecule has 0 saturated heterocycles. The van der Waals surface area contributed by atoms with E-state index in [1.807, 2.05) is 47.8 Å². The van der Waals surface area contributed by atoms with E-state index in [1.54, 1.807) is 0 Å². The van der Waals surface area contributed by atoms with Crippen LogP contribution in [0.15, 0.2) is 66.0 Å². The number of carbonyl (C=O) groups excluding carboxylic acids is 1. The van der Waals surface area contributed by atoms with E-state index in [0.717, 1.165) is 10.4 Å². The molecule has 1 amide bonds. The van der Waals surface area contributed by atoms with E-state index < -0.39 is 11.7 Å². The van der Waals surface area contributed by atoms with E-state index in [0.29, 0.717) is 5.02 Å². The second kappa shape index (κ2) is 6.94. The van der Waals surface area contributed by atoms with Crippen molar-refractivity contribution in [2.24, 2.45) is 0 Å². The first-order valence-corrected chi connectivity index (χ1v) is 8.25. The maximum absolute atomic E-state index is 13.9. The third kappa shape index (κ3) is 3.60. The van der Waals surface area contributed by atoms with Crippen molar-refractivity contribution in [1.82, 2.24) is 5.32 Å². The molecule has 3 rings (SSSR count). The lowest BCUT2D eigenvalue weighted by Crippen LogP contribution is -2.29. The molecule has 0 bridgehead atoms. The number of amides is 1. The summed E-state index contributed by atoms with van der Waals surface area (Å²) in [5.41, 5.74) is 0.876. The van der Waals surface area contributed by atoms with Crippen LogP contribution in [0.1, 0.15) is 26.8 Å². The lowest BCUT2D eigenvalue weighted by atomic mass is 10.0. The van der Waals surface area contributed by atoms with Crippen LogP contribution in [-0.4, -0.2) is 5.91 Å². The van der Waals surface area contributed by atoms with Gasteiger partial charge in [-0.15, -0.1) is 11.3 Å². The Morgan fingerprint density at radius 1 is 1.09 bits per heavy atom. The van der Waals surface area contributed by atoms with Gasteiger partial charge in [-0.1, -0.05) is 48.0 Å². The Morgan fingerprint density at radius 2 is 1.87 bits per heavy atom. The quantitative estimate of drug-likeness (QED) is 0.703. The average Bonchev–Trinajstić information content (AvgIpc) is 3.09. The SMILES string of the molecule is O=C(NC(c1ccccc1)c1cccs1)c1cc(Cl)ccc1F. The molecule has 1 aromatic heterocycles. The molecule has 1 heterocycles. The Morgan fingerprint density at radius 3 is 2.57 bits per heavy atom. The first-order chi connectivity index (χ1) is 11.1. The van der Waals surface area contributed by atoms with Gasteiger partial charge in [0.05, 0.1) is 11.6 Å². The van der Waals surface area contributed by atoms with Crippen LogP contribution in [-0.2, 0) is 0 Å². The fraction of sp³-hybridized carbons (Fsp3) is 0.0556. The molecule has 0 saturated carbocycles. The Balaban J connectivity index is 1.93. The average molecular weight is 346 g/mol. The van der Waals surface area contributed by atoms with Crippen LogP contribution >= 0.6 is 22.9 Å². The third-order valence-corrected chi connectivity index (χ3v) is 4.58. The zero-order chi connectivity index (χ0) is 16.2. The number of hydrogen-bond donors (Lipinski definition) is 1. The largest absolute Gasteiger partial charge is 0.340 e. The Labute approximate surface area is 142 Å². The molecule has 3 aromatic rings. The highest BCUT2D eigenvalue weighted by molar-refractivity contribution is 7.10. The first kappa shape index (κ1) is 15.7. The molecule has 0 fully saturated rings. The van der Waals surface area contributed by atoms with E-state index in [4.69, 9.17) is 11.6 Å². The summed E-state index contributed by atoms with van der Waals surface area (Å²) in [6.07, 6.45) is 0. The summed E-state index contributed by atoms with van der Waals surface area (Å²) >= 11 is 7.41. The number of nitrogens with one attached hydrogen (secondary N) is 1. The lowest BCUT2D eigenvalue weighted by Gasteiger charge is -2.18. The van der Waals surface area contributed by atoms with E-state index in [9.17, 15) is 9.18 Å². The Hall–Kier alpha value is -2.17. The van der Waals surface area contributed by atoms with Crippen LogP contribution in [0, 0.1) is 5.82 Å². The van der Waals surface area contributed by atoms with Gasteiger partial charge in [-0.05, 0) is 35.2 Å². The lowest BCUT2D eigenvalue weighted by molar-refractivity contribution is 0.0939. The van der Waals surface area contributed by atoms with Crippen molar-refractivity contribution in [1.29, 1.82) is 0 Å². The molecule has 0 spiro atoms. The standard InChI is InChI=1S/C18H13ClFNOS/c19-13-8-9-15(20)14(11-13)18(22)21-17(16-7-4-10-23-16)12-5-2-1-3-6-12/h1-11,17H,(H,21,22). The van der Waals surface area contributed by atoms with Crippen LogP contribution in [0.4, 0.5) is 4.39 Å². The zero-order valence-electron chi connectivity index (χ0n) is 12.0. The summed E-state index contributed by atoms with van der Waals surface area (Å²) in [6.45, 7) is 0. The Bertz CT molecular complexity index is 805. The number of benzene rings is 2. The van der Waals surface area contributed by atoms with Crippen molar-refractivity contribution in [2.75, 3.05) is 0 Å². The summed E-state index contributed by atoms with van der Waals surface area (Å²) < 4.78 is 13.9. The predicted octanol–water partition coefficient (Wildman–Crippen LogP) is 5.06. The molecule has 1 unspecified atom stereocenters. The molecule has 2 aromatic carbocycles. The van der Waals surface area contributed by atoms with Crippen LogP contribution < -0.4 is 5.32 Å². The van der Waals surface area contributed by atoms with Gasteiger partial charge < -0.3 is 5.32 Å². The molecule has 0 radical (unpaired) electrons. The zero-order valence-corrected chi connectivity index (χ0v) is 13.6. The summed E-state index contributed by atoms with van der Waals surface area (Å²) in [7, 11) is 0. The number of hydrogen-bond acceptors (Lipinski definition) is 2. The van der Waals surface area contributed by atoms with Gasteiger partial charge in [-0.2, -0.15) is 0 Å². The maximum Gasteiger partial charge on any atom is 0.255 e. The highest BCUT2D eigenvalue weighted by Crippen LogP contribution is 2.26. The van der Waals surface area contributed by atoms with E-state index in [2.05, 4.69) is 5.32 Å². The summed E-state index contributed by atoms with van der Waals surface area (Å²) in [5, 5.41) is 5.16. The second-order valence-corrected chi connectivity index (χ2v) is 6.37. The molecular weight excluding hydrogens is 333 g/mol. The smallest absolute Gasteiger partial charge is 0.255 e. The van der Waals surface area contributed by atoms with Crippen LogP contribution in [0.3, 0.4) is 0 Å². The van der Waals surface area contributed by atoms with Gasteiger partial charge in [0.1, 0.15) is 5.82 Å². The normalized spacial score (nSPS) is 11.9. The van der Waals surface area contributed by atoms with Crippen molar-refractivity contribution in [3.63, 3.8) is 0 Å². The number of halogens is 2. The van der Waals surface area contributed by atoms with Gasteiger partial charge in [0, 0.05) is 9.90 Å². The van der Waals surface area contributed by atoms with Gasteiger partial charge in [0.15, 0.2) is 0 Å². The molecule has 5 heteroatoms. The van der Waals surface area contributed by atoms with Crippen molar-refractivity contribution in [3.05, 3.63) is 92.9 Å². The van der Waals surface area contributed by atoms with Gasteiger partial charge >= 0.3 is 0 Å². The maximum atomic E-state index is 13.9. The number of carbonyl (C=O) groups is 1.